The van der Waals surface area contributed by atoms with Crippen LogP contribution in [-0.4, -0.2) is 35.4 Å². The molecule has 0 rings (SSSR count). The van der Waals surface area contributed by atoms with E-state index in [1.807, 2.05) is 19.0 Å². The summed E-state index contributed by atoms with van der Waals surface area (Å²) < 4.78 is 0. The van der Waals surface area contributed by atoms with E-state index >= 15 is 0 Å². The molecule has 0 aliphatic heterocycles. The van der Waals surface area contributed by atoms with Gasteiger partial charge in [-0.25, -0.2) is 0 Å². The van der Waals surface area contributed by atoms with Crippen molar-refractivity contribution in [3.63, 3.8) is 0 Å². The predicted octanol–water partition coefficient (Wildman–Crippen LogP) is -0.129. The van der Waals surface area contributed by atoms with Crippen molar-refractivity contribution in [2.45, 2.75) is 0 Å². The highest BCUT2D eigenvalue weighted by atomic mass is 79.9. The molecule has 0 heterocycles. The second-order valence-electron chi connectivity index (χ2n) is 1.20. The van der Waals surface area contributed by atoms with Crippen LogP contribution in [0, 0.1) is 0 Å². The molecular formula is C3H13BrClNSi. The van der Waals surface area contributed by atoms with Gasteiger partial charge in [0.2, 0.25) is 0 Å². The maximum Gasteiger partial charge on any atom is 0.0537 e. The molecule has 0 saturated carbocycles. The van der Waals surface area contributed by atoms with Gasteiger partial charge in [0.25, 0.3) is 0 Å². The lowest BCUT2D eigenvalue weighted by molar-refractivity contribution is 0.490. The quantitative estimate of drug-likeness (QED) is 0.328. The minimum absolute atomic E-state index is 0. The molecule has 0 unspecified atom stereocenters. The highest BCUT2D eigenvalue weighted by Gasteiger charge is 1.74. The molecule has 7 heavy (non-hydrogen) atoms. The Hall–Kier alpha value is 0.947. The number of nitrogens with zero attached hydrogens (tertiary/aromatic N) is 1. The largest absolute Gasteiger partial charge is 0.300 e. The zero-order chi connectivity index (χ0) is 4.28. The highest BCUT2D eigenvalue weighted by molar-refractivity contribution is 9.09. The Labute approximate surface area is 64.0 Å². The molecule has 0 radical (unpaired) electrons. The number of hydrogen-bond acceptors (Lipinski definition) is 1. The van der Waals surface area contributed by atoms with E-state index in [9.17, 15) is 0 Å². The summed E-state index contributed by atoms with van der Waals surface area (Å²) in [6, 6.07) is 0. The van der Waals surface area contributed by atoms with E-state index in [0.29, 0.717) is 0 Å². The molecule has 0 aromatic carbocycles. The van der Waals surface area contributed by atoms with E-state index < -0.39 is 0 Å². The van der Waals surface area contributed by atoms with Crippen LogP contribution in [-0.2, 0) is 0 Å². The molecular weight excluding hydrogens is 193 g/mol. The third-order valence-electron chi connectivity index (χ3n) is 0.239. The molecule has 48 valence electrons. The van der Waals surface area contributed by atoms with Gasteiger partial charge >= 0.3 is 0 Å². The Morgan fingerprint density at radius 1 is 1.43 bits per heavy atom. The molecule has 0 aliphatic rings. The third-order valence-corrected chi connectivity index (χ3v) is 1.24. The summed E-state index contributed by atoms with van der Waals surface area (Å²) in [5, 5.41) is 0. The van der Waals surface area contributed by atoms with E-state index in [-0.39, 0.29) is 23.4 Å². The first-order chi connectivity index (χ1) is 2.27. The van der Waals surface area contributed by atoms with Gasteiger partial charge in [0.05, 0.1) is 5.45 Å². The van der Waals surface area contributed by atoms with E-state index in [2.05, 4.69) is 15.9 Å². The van der Waals surface area contributed by atoms with Crippen LogP contribution >= 0.6 is 28.3 Å². The molecule has 0 spiro atoms. The normalized spacial score (nSPS) is 6.86. The van der Waals surface area contributed by atoms with Gasteiger partial charge in [0.15, 0.2) is 0 Å². The molecule has 0 aromatic heterocycles. The topological polar surface area (TPSA) is 3.24 Å². The summed E-state index contributed by atoms with van der Waals surface area (Å²) in [6.07, 6.45) is 0. The zero-order valence-electron chi connectivity index (χ0n) is 3.94. The summed E-state index contributed by atoms with van der Waals surface area (Å²) in [5.74, 6) is 0. The van der Waals surface area contributed by atoms with E-state index in [1.54, 1.807) is 0 Å². The van der Waals surface area contributed by atoms with Crippen LogP contribution in [0.2, 0.25) is 0 Å². The van der Waals surface area contributed by atoms with Gasteiger partial charge in [-0.15, -0.1) is 12.4 Å². The van der Waals surface area contributed by atoms with Crippen LogP contribution in [0.15, 0.2) is 0 Å². The molecule has 4 heteroatoms. The molecule has 0 atom stereocenters. The molecule has 0 aromatic rings. The summed E-state index contributed by atoms with van der Waals surface area (Å²) in [7, 11) is 4.02. The van der Waals surface area contributed by atoms with Crippen molar-refractivity contribution in [1.82, 2.24) is 4.90 Å². The number of halogens is 2. The van der Waals surface area contributed by atoms with Gasteiger partial charge < -0.3 is 0 Å². The first-order valence-corrected chi connectivity index (χ1v) is 2.60. The van der Waals surface area contributed by atoms with Crippen molar-refractivity contribution in [3.05, 3.63) is 0 Å². The summed E-state index contributed by atoms with van der Waals surface area (Å²) >= 11 is 3.24. The fraction of sp³-hybridized carbons (Fsp3) is 1.00. The fourth-order valence-electron chi connectivity index (χ4n) is 0. The van der Waals surface area contributed by atoms with Crippen LogP contribution in [0.4, 0.5) is 0 Å². The monoisotopic (exact) mass is 205 g/mol. The van der Waals surface area contributed by atoms with Crippen molar-refractivity contribution < 1.29 is 0 Å². The van der Waals surface area contributed by atoms with Gasteiger partial charge in [-0.2, -0.15) is 0 Å². The fourth-order valence-corrected chi connectivity index (χ4v) is 0. The van der Waals surface area contributed by atoms with Crippen LogP contribution in [0.1, 0.15) is 0 Å². The lowest BCUT2D eigenvalue weighted by Gasteiger charge is -1.98. The summed E-state index contributed by atoms with van der Waals surface area (Å²) in [6.45, 7) is 0. The number of alkyl halides is 1. The van der Waals surface area contributed by atoms with Crippen LogP contribution in [0.25, 0.3) is 0 Å². The first-order valence-electron chi connectivity index (χ1n) is 1.48. The standard InChI is InChI=1S/C3H8BrN.ClH.H4Si/c1-5(2)3-4;;/h3H2,1-2H3;1H;1H4. The smallest absolute Gasteiger partial charge is 0.0537 e. The second kappa shape index (κ2) is 10.0. The minimum Gasteiger partial charge on any atom is -0.300 e. The van der Waals surface area contributed by atoms with E-state index in [1.165, 1.54) is 0 Å². The van der Waals surface area contributed by atoms with Crippen molar-refractivity contribution in [3.8, 4) is 0 Å². The highest BCUT2D eigenvalue weighted by Crippen LogP contribution is 1.78. The zero-order valence-corrected chi connectivity index (χ0v) is 6.34. The van der Waals surface area contributed by atoms with Crippen LogP contribution in [0.5, 0.6) is 0 Å². The second-order valence-corrected chi connectivity index (χ2v) is 1.70. The molecule has 0 fully saturated rings. The SMILES string of the molecule is CN(C)CBr.Cl.[SiH4]. The van der Waals surface area contributed by atoms with Gasteiger partial charge in [-0.05, 0) is 25.1 Å². The van der Waals surface area contributed by atoms with Gasteiger partial charge in [-0.3, -0.25) is 4.90 Å². The van der Waals surface area contributed by atoms with Gasteiger partial charge in [0, 0.05) is 0 Å². The first kappa shape index (κ1) is 15.7. The van der Waals surface area contributed by atoms with E-state index in [4.69, 9.17) is 0 Å². The Morgan fingerprint density at radius 3 is 1.57 bits per heavy atom. The average molecular weight is 207 g/mol. The maximum absolute atomic E-state index is 3.24. The van der Waals surface area contributed by atoms with Crippen molar-refractivity contribution in [2.24, 2.45) is 0 Å². The summed E-state index contributed by atoms with van der Waals surface area (Å²) in [5.41, 5.74) is 0.951. The van der Waals surface area contributed by atoms with Gasteiger partial charge in [-0.1, -0.05) is 15.9 Å². The van der Waals surface area contributed by atoms with Crippen molar-refractivity contribution in [2.75, 3.05) is 19.5 Å². The van der Waals surface area contributed by atoms with Gasteiger partial charge in [0.1, 0.15) is 0 Å². The summed E-state index contributed by atoms with van der Waals surface area (Å²) in [4.78, 5) is 2.04. The molecule has 0 amide bonds. The molecule has 0 bridgehead atoms. The van der Waals surface area contributed by atoms with Crippen molar-refractivity contribution in [1.29, 1.82) is 0 Å². The Bertz CT molecular complexity index is 28.9. The predicted molar refractivity (Wildman–Crippen MR) is 46.1 cm³/mol. The molecule has 1 nitrogen and oxygen atoms in total. The minimum atomic E-state index is 0. The number of rotatable bonds is 1. The maximum atomic E-state index is 3.24. The van der Waals surface area contributed by atoms with Crippen LogP contribution < -0.4 is 0 Å². The average Bonchev–Trinajstić information content (AvgIpc) is 1.38. The molecule has 0 aliphatic carbocycles. The van der Waals surface area contributed by atoms with Crippen molar-refractivity contribution >= 4 is 39.3 Å². The lowest BCUT2D eigenvalue weighted by atomic mass is 11.0. The molecule has 0 N–H and O–H groups in total. The number of hydrogen-bond donors (Lipinski definition) is 0. The van der Waals surface area contributed by atoms with Crippen LogP contribution in [0.3, 0.4) is 0 Å². The Balaban J connectivity index is -0.0000000800. The Morgan fingerprint density at radius 2 is 1.57 bits per heavy atom. The Kier molecular flexibility index (Phi) is 22.5. The van der Waals surface area contributed by atoms with E-state index in [0.717, 1.165) is 5.45 Å². The third kappa shape index (κ3) is 19.6. The lowest BCUT2D eigenvalue weighted by Crippen LogP contribution is -2.06. The molecule has 0 saturated heterocycles.